The second-order valence-corrected chi connectivity index (χ2v) is 12.0. The Hall–Kier alpha value is -5.19. The summed E-state index contributed by atoms with van der Waals surface area (Å²) in [6.07, 6.45) is -1.85. The van der Waals surface area contributed by atoms with Crippen molar-refractivity contribution < 1.29 is 27.9 Å². The Kier molecular flexibility index (Phi) is 9.21. The Bertz CT molecular complexity index is 1940. The number of aromatic nitrogens is 3. The molecule has 2 aromatic heterocycles. The van der Waals surface area contributed by atoms with Gasteiger partial charge in [-0.25, -0.2) is 9.97 Å². The molecule has 0 radical (unpaired) electrons. The van der Waals surface area contributed by atoms with E-state index in [1.165, 1.54) is 18.3 Å². The van der Waals surface area contributed by atoms with Crippen LogP contribution in [-0.2, 0) is 37.4 Å². The lowest BCUT2D eigenvalue weighted by Gasteiger charge is -2.30. The molecule has 2 aliphatic rings. The number of alkyl halides is 3. The van der Waals surface area contributed by atoms with Crippen molar-refractivity contribution in [3.05, 3.63) is 93.8 Å². The predicted molar refractivity (Wildman–Crippen MR) is 174 cm³/mol. The van der Waals surface area contributed by atoms with Crippen molar-refractivity contribution in [3.63, 3.8) is 0 Å². The Labute approximate surface area is 275 Å². The molecule has 6 rings (SSSR count). The lowest BCUT2D eigenvalue weighted by atomic mass is 10.0. The molecular weight excluding hydrogens is 623 g/mol. The number of hydrogen-bond donors (Lipinski definition) is 4. The Morgan fingerprint density at radius 3 is 2.69 bits per heavy atom. The highest BCUT2D eigenvalue weighted by Crippen LogP contribution is 2.35. The molecule has 0 bridgehead atoms. The number of halogens is 3. The molecule has 4 heterocycles. The normalized spacial score (nSPS) is 15.3. The van der Waals surface area contributed by atoms with Crippen LogP contribution in [0.2, 0.25) is 0 Å². The SMILES string of the molecule is Cn1c(-c2nc(N)ncc2C#Cc2cccc(CC(=O)Nc3ccc(CN4CCC(O)CC4)c(C(F)(F)F)c3)c2)cc2c1CCNC2=O. The number of anilines is 2. The van der Waals surface area contributed by atoms with Crippen molar-refractivity contribution in [2.24, 2.45) is 7.05 Å². The molecule has 48 heavy (non-hydrogen) atoms. The smallest absolute Gasteiger partial charge is 0.393 e. The molecule has 13 heteroatoms. The van der Waals surface area contributed by atoms with Crippen molar-refractivity contribution in [1.29, 1.82) is 0 Å². The first-order chi connectivity index (χ1) is 22.9. The van der Waals surface area contributed by atoms with Gasteiger partial charge in [0, 0.05) is 62.8 Å². The van der Waals surface area contributed by atoms with E-state index in [0.717, 1.165) is 11.8 Å². The fraction of sp³-hybridized carbons (Fsp3) is 0.314. The van der Waals surface area contributed by atoms with Gasteiger partial charge in [0.05, 0.1) is 34.9 Å². The summed E-state index contributed by atoms with van der Waals surface area (Å²) >= 11 is 0. The van der Waals surface area contributed by atoms with Crippen LogP contribution in [0.4, 0.5) is 24.8 Å². The van der Waals surface area contributed by atoms with E-state index in [2.05, 4.69) is 32.4 Å². The molecule has 5 N–H and O–H groups in total. The van der Waals surface area contributed by atoms with E-state index < -0.39 is 23.8 Å². The summed E-state index contributed by atoms with van der Waals surface area (Å²) < 4.78 is 43.9. The number of likely N-dealkylation sites (tertiary alicyclic amines) is 1. The number of piperidine rings is 1. The number of benzene rings is 2. The number of aliphatic hydroxyl groups excluding tert-OH is 1. The van der Waals surface area contributed by atoms with Crippen LogP contribution in [0.1, 0.15) is 56.7 Å². The van der Waals surface area contributed by atoms with E-state index in [1.54, 1.807) is 30.3 Å². The Balaban J connectivity index is 1.17. The van der Waals surface area contributed by atoms with E-state index in [1.807, 2.05) is 16.5 Å². The van der Waals surface area contributed by atoms with Gasteiger partial charge in [-0.05, 0) is 54.3 Å². The highest BCUT2D eigenvalue weighted by molar-refractivity contribution is 5.98. The molecular formula is C35H34F3N7O3. The number of amides is 2. The number of carbonyl (C=O) groups excluding carboxylic acids is 2. The molecule has 1 saturated heterocycles. The van der Waals surface area contributed by atoms with Crippen LogP contribution in [0.25, 0.3) is 11.4 Å². The second kappa shape index (κ2) is 13.5. The number of nitrogens with two attached hydrogens (primary N) is 1. The lowest BCUT2D eigenvalue weighted by molar-refractivity contribution is -0.138. The number of fused-ring (bicyclic) bond motifs is 1. The maximum absolute atomic E-state index is 14.0. The maximum atomic E-state index is 14.0. The van der Waals surface area contributed by atoms with Crippen LogP contribution in [0.5, 0.6) is 0 Å². The molecule has 0 unspecified atom stereocenters. The van der Waals surface area contributed by atoms with E-state index in [4.69, 9.17) is 5.73 Å². The molecule has 1 fully saturated rings. The second-order valence-electron chi connectivity index (χ2n) is 12.0. The number of carbonyl (C=O) groups is 2. The third-order valence-electron chi connectivity index (χ3n) is 8.58. The third kappa shape index (κ3) is 7.35. The number of nitrogen functional groups attached to an aromatic ring is 1. The summed E-state index contributed by atoms with van der Waals surface area (Å²) in [6, 6.07) is 12.6. The molecule has 2 aromatic carbocycles. The largest absolute Gasteiger partial charge is 0.416 e. The van der Waals surface area contributed by atoms with Gasteiger partial charge in [0.2, 0.25) is 11.9 Å². The average molecular weight is 658 g/mol. The summed E-state index contributed by atoms with van der Waals surface area (Å²) in [5, 5.41) is 15.2. The minimum atomic E-state index is -4.60. The summed E-state index contributed by atoms with van der Waals surface area (Å²) in [4.78, 5) is 35.7. The summed E-state index contributed by atoms with van der Waals surface area (Å²) in [7, 11) is 1.86. The minimum Gasteiger partial charge on any atom is -0.393 e. The van der Waals surface area contributed by atoms with Crippen LogP contribution in [-0.4, -0.2) is 62.1 Å². The topological polar surface area (TPSA) is 138 Å². The van der Waals surface area contributed by atoms with Gasteiger partial charge in [-0.3, -0.25) is 14.5 Å². The molecule has 0 aliphatic carbocycles. The first-order valence-corrected chi connectivity index (χ1v) is 15.6. The predicted octanol–water partition coefficient (Wildman–Crippen LogP) is 3.91. The van der Waals surface area contributed by atoms with E-state index in [-0.39, 0.29) is 36.1 Å². The molecule has 4 aromatic rings. The van der Waals surface area contributed by atoms with Gasteiger partial charge in [0.15, 0.2) is 0 Å². The minimum absolute atomic E-state index is 0.0526. The molecule has 0 spiro atoms. The standard InChI is InChI=1S/C35H34F3N7O3/c1-44-29-9-12-40-33(48)27(29)18-30(44)32-23(19-41-34(39)43-32)6-5-21-3-2-4-22(15-21)16-31(47)42-25-8-7-24(28(17-25)35(36,37)38)20-45-13-10-26(46)11-14-45/h2-4,7-8,15,17-19,26,46H,9-14,16,20H2,1H3,(H,40,48)(H,42,47)(H2,39,41,43). The summed E-state index contributed by atoms with van der Waals surface area (Å²) in [5.41, 5.74) is 9.62. The molecule has 10 nitrogen and oxygen atoms in total. The fourth-order valence-corrected chi connectivity index (χ4v) is 6.10. The monoisotopic (exact) mass is 657 g/mol. The van der Waals surface area contributed by atoms with Gasteiger partial charge < -0.3 is 26.0 Å². The van der Waals surface area contributed by atoms with Crippen LogP contribution >= 0.6 is 0 Å². The zero-order valence-corrected chi connectivity index (χ0v) is 26.2. The van der Waals surface area contributed by atoms with Gasteiger partial charge in [0.1, 0.15) is 5.69 Å². The summed E-state index contributed by atoms with van der Waals surface area (Å²) in [6.45, 7) is 1.69. The van der Waals surface area contributed by atoms with Crippen molar-refractivity contribution >= 4 is 23.5 Å². The third-order valence-corrected chi connectivity index (χ3v) is 8.58. The first kappa shape index (κ1) is 32.7. The van der Waals surface area contributed by atoms with E-state index >= 15 is 0 Å². The fourth-order valence-electron chi connectivity index (χ4n) is 6.10. The van der Waals surface area contributed by atoms with Crippen LogP contribution in [0.3, 0.4) is 0 Å². The Morgan fingerprint density at radius 2 is 1.94 bits per heavy atom. The quantitative estimate of drug-likeness (QED) is 0.231. The lowest BCUT2D eigenvalue weighted by Crippen LogP contribution is -2.35. The van der Waals surface area contributed by atoms with Gasteiger partial charge in [-0.2, -0.15) is 13.2 Å². The van der Waals surface area contributed by atoms with Gasteiger partial charge in [0.25, 0.3) is 5.91 Å². The van der Waals surface area contributed by atoms with Crippen molar-refractivity contribution in [3.8, 4) is 23.2 Å². The Morgan fingerprint density at radius 1 is 1.15 bits per heavy atom. The number of nitrogens with one attached hydrogen (secondary N) is 2. The van der Waals surface area contributed by atoms with Crippen molar-refractivity contribution in [1.82, 2.24) is 24.8 Å². The highest BCUT2D eigenvalue weighted by atomic mass is 19.4. The first-order valence-electron chi connectivity index (χ1n) is 15.6. The average Bonchev–Trinajstić information content (AvgIpc) is 3.39. The van der Waals surface area contributed by atoms with Crippen LogP contribution < -0.4 is 16.4 Å². The van der Waals surface area contributed by atoms with Crippen LogP contribution in [0, 0.1) is 11.8 Å². The molecule has 0 atom stereocenters. The van der Waals surface area contributed by atoms with Gasteiger partial charge in [-0.1, -0.05) is 30.0 Å². The van der Waals surface area contributed by atoms with Crippen LogP contribution in [0.15, 0.2) is 54.7 Å². The number of rotatable bonds is 6. The number of nitrogens with zero attached hydrogens (tertiary/aromatic N) is 4. The molecule has 2 aliphatic heterocycles. The number of hydrogen-bond acceptors (Lipinski definition) is 7. The van der Waals surface area contributed by atoms with E-state index in [0.29, 0.717) is 72.5 Å². The molecule has 248 valence electrons. The maximum Gasteiger partial charge on any atom is 0.416 e. The summed E-state index contributed by atoms with van der Waals surface area (Å²) in [5.74, 6) is 5.60. The van der Waals surface area contributed by atoms with Crippen molar-refractivity contribution in [2.45, 2.75) is 44.5 Å². The van der Waals surface area contributed by atoms with Crippen molar-refractivity contribution in [2.75, 3.05) is 30.7 Å². The van der Waals surface area contributed by atoms with Gasteiger partial charge in [-0.15, -0.1) is 0 Å². The molecule has 0 saturated carbocycles. The van der Waals surface area contributed by atoms with E-state index in [9.17, 15) is 27.9 Å². The zero-order chi connectivity index (χ0) is 34.0. The number of aliphatic hydroxyl groups is 1. The van der Waals surface area contributed by atoms with Gasteiger partial charge >= 0.3 is 6.18 Å². The molecule has 2 amide bonds. The highest BCUT2D eigenvalue weighted by Gasteiger charge is 2.34. The zero-order valence-electron chi connectivity index (χ0n) is 26.2.